The molecule has 0 aromatic carbocycles. The molecule has 1 aliphatic rings. The standard InChI is InChI=1S/C11H22N2O3/c1-9(8-16-3)13(6-7-15-2)10(14)11(12)4-5-11/h9H,4-8,12H2,1-3H3. The van der Waals surface area contributed by atoms with Crippen LogP contribution in [0.1, 0.15) is 19.8 Å². The van der Waals surface area contributed by atoms with Gasteiger partial charge in [-0.15, -0.1) is 0 Å². The normalized spacial score (nSPS) is 19.2. The molecule has 0 radical (unpaired) electrons. The van der Waals surface area contributed by atoms with Gasteiger partial charge in [-0.1, -0.05) is 0 Å². The summed E-state index contributed by atoms with van der Waals surface area (Å²) in [4.78, 5) is 13.9. The molecule has 1 atom stereocenters. The highest BCUT2D eigenvalue weighted by atomic mass is 16.5. The number of amides is 1. The third kappa shape index (κ3) is 3.17. The van der Waals surface area contributed by atoms with Gasteiger partial charge in [0, 0.05) is 20.8 Å². The molecule has 0 aromatic rings. The van der Waals surface area contributed by atoms with Crippen LogP contribution >= 0.6 is 0 Å². The Morgan fingerprint density at radius 3 is 2.50 bits per heavy atom. The molecule has 1 unspecified atom stereocenters. The maximum Gasteiger partial charge on any atom is 0.243 e. The van der Waals surface area contributed by atoms with Crippen molar-refractivity contribution in [2.24, 2.45) is 5.73 Å². The van der Waals surface area contributed by atoms with E-state index < -0.39 is 5.54 Å². The van der Waals surface area contributed by atoms with E-state index in [1.807, 2.05) is 6.92 Å². The van der Waals surface area contributed by atoms with Crippen LogP contribution in [0.3, 0.4) is 0 Å². The van der Waals surface area contributed by atoms with Gasteiger partial charge in [0.1, 0.15) is 0 Å². The SMILES string of the molecule is COCCN(C(=O)C1(N)CC1)C(C)COC. The maximum absolute atomic E-state index is 12.1. The van der Waals surface area contributed by atoms with Gasteiger partial charge in [-0.3, -0.25) is 4.79 Å². The van der Waals surface area contributed by atoms with Crippen molar-refractivity contribution in [3.63, 3.8) is 0 Å². The van der Waals surface area contributed by atoms with Gasteiger partial charge in [-0.05, 0) is 19.8 Å². The summed E-state index contributed by atoms with van der Waals surface area (Å²) in [6.07, 6.45) is 1.57. The number of carbonyl (C=O) groups excluding carboxylic acids is 1. The zero-order valence-corrected chi connectivity index (χ0v) is 10.4. The minimum atomic E-state index is -0.615. The van der Waals surface area contributed by atoms with Crippen LogP contribution in [0.5, 0.6) is 0 Å². The quantitative estimate of drug-likeness (QED) is 0.668. The molecule has 1 fully saturated rings. The maximum atomic E-state index is 12.1. The number of hydrogen-bond acceptors (Lipinski definition) is 4. The fraction of sp³-hybridized carbons (Fsp3) is 0.909. The summed E-state index contributed by atoms with van der Waals surface area (Å²) in [7, 11) is 3.25. The van der Waals surface area contributed by atoms with Crippen LogP contribution < -0.4 is 5.73 Å². The Hall–Kier alpha value is -0.650. The third-order valence-corrected chi connectivity index (χ3v) is 2.95. The summed E-state index contributed by atoms with van der Waals surface area (Å²) in [5.74, 6) is 0.0223. The van der Waals surface area contributed by atoms with E-state index in [1.54, 1.807) is 19.1 Å². The highest BCUT2D eigenvalue weighted by molar-refractivity contribution is 5.89. The molecule has 2 N–H and O–H groups in total. The zero-order valence-electron chi connectivity index (χ0n) is 10.4. The largest absolute Gasteiger partial charge is 0.383 e. The van der Waals surface area contributed by atoms with E-state index in [2.05, 4.69) is 0 Å². The van der Waals surface area contributed by atoms with E-state index in [-0.39, 0.29) is 11.9 Å². The average Bonchev–Trinajstić information content (AvgIpc) is 2.98. The highest BCUT2D eigenvalue weighted by Crippen LogP contribution is 2.34. The van der Waals surface area contributed by atoms with Gasteiger partial charge in [-0.2, -0.15) is 0 Å². The van der Waals surface area contributed by atoms with Gasteiger partial charge in [0.2, 0.25) is 5.91 Å². The summed E-state index contributed by atoms with van der Waals surface area (Å²) in [5.41, 5.74) is 5.31. The lowest BCUT2D eigenvalue weighted by atomic mass is 10.2. The first-order valence-electron chi connectivity index (χ1n) is 5.63. The minimum absolute atomic E-state index is 0.0223. The molecule has 5 heteroatoms. The Balaban J connectivity index is 2.58. The monoisotopic (exact) mass is 230 g/mol. The molecule has 0 aromatic heterocycles. The predicted molar refractivity (Wildman–Crippen MR) is 61.1 cm³/mol. The van der Waals surface area contributed by atoms with Gasteiger partial charge in [0.25, 0.3) is 0 Å². The van der Waals surface area contributed by atoms with E-state index in [0.717, 1.165) is 12.8 Å². The molecule has 0 saturated heterocycles. The number of nitrogens with two attached hydrogens (primary N) is 1. The number of methoxy groups -OCH3 is 2. The average molecular weight is 230 g/mol. The molecule has 0 aliphatic heterocycles. The Labute approximate surface area is 96.9 Å². The first-order valence-corrected chi connectivity index (χ1v) is 5.63. The van der Waals surface area contributed by atoms with Crippen molar-refractivity contribution in [3.8, 4) is 0 Å². The Bertz CT molecular complexity index is 241. The predicted octanol–water partition coefficient (Wildman–Crippen LogP) is -0.0124. The zero-order chi connectivity index (χ0) is 12.2. The van der Waals surface area contributed by atoms with E-state index in [4.69, 9.17) is 15.2 Å². The Morgan fingerprint density at radius 1 is 1.44 bits per heavy atom. The first kappa shape index (κ1) is 13.4. The number of rotatable bonds is 7. The molecule has 1 aliphatic carbocycles. The second-order valence-electron chi connectivity index (χ2n) is 4.45. The summed E-state index contributed by atoms with van der Waals surface area (Å²) in [6, 6.07) is 0.0358. The number of hydrogen-bond donors (Lipinski definition) is 1. The third-order valence-electron chi connectivity index (χ3n) is 2.95. The van der Waals surface area contributed by atoms with Gasteiger partial charge >= 0.3 is 0 Å². The lowest BCUT2D eigenvalue weighted by Gasteiger charge is -2.31. The molecule has 0 spiro atoms. The van der Waals surface area contributed by atoms with Crippen LogP contribution in [0.15, 0.2) is 0 Å². The smallest absolute Gasteiger partial charge is 0.243 e. The van der Waals surface area contributed by atoms with Crippen molar-refractivity contribution >= 4 is 5.91 Å². The van der Waals surface area contributed by atoms with Crippen molar-refractivity contribution in [3.05, 3.63) is 0 Å². The molecular weight excluding hydrogens is 208 g/mol. The second-order valence-corrected chi connectivity index (χ2v) is 4.45. The summed E-state index contributed by atoms with van der Waals surface area (Å²) in [5, 5.41) is 0. The van der Waals surface area contributed by atoms with Crippen molar-refractivity contribution in [1.29, 1.82) is 0 Å². The Morgan fingerprint density at radius 2 is 2.06 bits per heavy atom. The van der Waals surface area contributed by atoms with Gasteiger partial charge in [-0.25, -0.2) is 0 Å². The number of nitrogens with zero attached hydrogens (tertiary/aromatic N) is 1. The van der Waals surface area contributed by atoms with E-state index in [1.165, 1.54) is 0 Å². The van der Waals surface area contributed by atoms with Crippen LogP contribution in [0.2, 0.25) is 0 Å². The van der Waals surface area contributed by atoms with Crippen molar-refractivity contribution in [1.82, 2.24) is 4.90 Å². The summed E-state index contributed by atoms with van der Waals surface area (Å²) >= 11 is 0. The first-order chi connectivity index (χ1) is 7.55. The molecular formula is C11H22N2O3. The van der Waals surface area contributed by atoms with Crippen molar-refractivity contribution in [2.75, 3.05) is 34.0 Å². The fourth-order valence-electron chi connectivity index (χ4n) is 1.68. The van der Waals surface area contributed by atoms with Crippen molar-refractivity contribution < 1.29 is 14.3 Å². The van der Waals surface area contributed by atoms with Crippen LogP contribution in [-0.2, 0) is 14.3 Å². The molecule has 1 rings (SSSR count). The summed E-state index contributed by atoms with van der Waals surface area (Å²) in [6.45, 7) is 3.57. The van der Waals surface area contributed by atoms with Gasteiger partial charge in [0.05, 0.1) is 24.8 Å². The number of carbonyl (C=O) groups is 1. The lowest BCUT2D eigenvalue weighted by molar-refractivity contribution is -0.137. The molecule has 0 heterocycles. The lowest BCUT2D eigenvalue weighted by Crippen LogP contribution is -2.51. The Kier molecular flexibility index (Phi) is 4.70. The highest BCUT2D eigenvalue weighted by Gasteiger charge is 2.48. The molecule has 16 heavy (non-hydrogen) atoms. The minimum Gasteiger partial charge on any atom is -0.383 e. The molecule has 0 bridgehead atoms. The van der Waals surface area contributed by atoms with E-state index in [9.17, 15) is 4.79 Å². The number of ether oxygens (including phenoxy) is 2. The van der Waals surface area contributed by atoms with Crippen LogP contribution in [0.25, 0.3) is 0 Å². The van der Waals surface area contributed by atoms with Crippen LogP contribution in [-0.4, -0.2) is 56.4 Å². The van der Waals surface area contributed by atoms with Crippen LogP contribution in [0, 0.1) is 0 Å². The second kappa shape index (κ2) is 5.61. The molecule has 5 nitrogen and oxygen atoms in total. The molecule has 1 saturated carbocycles. The summed E-state index contributed by atoms with van der Waals surface area (Å²) < 4.78 is 10.1. The molecule has 1 amide bonds. The topological polar surface area (TPSA) is 64.8 Å². The van der Waals surface area contributed by atoms with Gasteiger partial charge in [0.15, 0.2) is 0 Å². The van der Waals surface area contributed by atoms with E-state index >= 15 is 0 Å². The van der Waals surface area contributed by atoms with Crippen LogP contribution in [0.4, 0.5) is 0 Å². The van der Waals surface area contributed by atoms with E-state index in [0.29, 0.717) is 19.8 Å². The van der Waals surface area contributed by atoms with Crippen molar-refractivity contribution in [2.45, 2.75) is 31.3 Å². The van der Waals surface area contributed by atoms with Gasteiger partial charge < -0.3 is 20.1 Å². The fourth-order valence-corrected chi connectivity index (χ4v) is 1.68. The molecule has 94 valence electrons.